The van der Waals surface area contributed by atoms with E-state index in [-0.39, 0.29) is 17.8 Å². The van der Waals surface area contributed by atoms with E-state index >= 15 is 0 Å². The van der Waals surface area contributed by atoms with Gasteiger partial charge in [0, 0.05) is 11.9 Å². The lowest BCUT2D eigenvalue weighted by Crippen LogP contribution is -2.38. The van der Waals surface area contributed by atoms with Crippen molar-refractivity contribution in [3.63, 3.8) is 0 Å². The van der Waals surface area contributed by atoms with Crippen LogP contribution in [-0.2, 0) is 6.54 Å². The van der Waals surface area contributed by atoms with E-state index in [1.54, 1.807) is 23.1 Å². The van der Waals surface area contributed by atoms with Gasteiger partial charge in [0.25, 0.3) is 0 Å². The van der Waals surface area contributed by atoms with Crippen molar-refractivity contribution >= 4 is 11.7 Å². The summed E-state index contributed by atoms with van der Waals surface area (Å²) in [4.78, 5) is 15.4. The molecule has 1 unspecified atom stereocenters. The number of benzene rings is 3. The van der Waals surface area contributed by atoms with Gasteiger partial charge in [-0.25, -0.2) is 9.18 Å². The van der Waals surface area contributed by atoms with Gasteiger partial charge in [-0.3, -0.25) is 0 Å². The Morgan fingerprint density at radius 2 is 1.67 bits per heavy atom. The maximum Gasteiger partial charge on any atom is 0.323 e. The van der Waals surface area contributed by atoms with Crippen molar-refractivity contribution in [3.05, 3.63) is 119 Å². The van der Waals surface area contributed by atoms with Crippen LogP contribution >= 0.6 is 0 Å². The zero-order valence-corrected chi connectivity index (χ0v) is 18.7. The van der Waals surface area contributed by atoms with E-state index in [4.69, 9.17) is 0 Å². The number of urea groups is 1. The number of anilines is 1. The van der Waals surface area contributed by atoms with Crippen LogP contribution in [0.25, 0.3) is 5.69 Å². The highest BCUT2D eigenvalue weighted by atomic mass is 19.1. The van der Waals surface area contributed by atoms with Crippen molar-refractivity contribution < 1.29 is 9.18 Å². The monoisotopic (exact) mass is 439 g/mol. The summed E-state index contributed by atoms with van der Waals surface area (Å²) in [6.45, 7) is 4.72. The number of nitrogens with one attached hydrogen (secondary N) is 1. The summed E-state index contributed by atoms with van der Waals surface area (Å²) in [5.74, 6) is -0.0379. The number of halogens is 1. The topological polar surface area (TPSA) is 37.3 Å². The maximum absolute atomic E-state index is 14.3. The quantitative estimate of drug-likeness (QED) is 0.371. The van der Waals surface area contributed by atoms with Crippen molar-refractivity contribution in [1.29, 1.82) is 0 Å². The summed E-state index contributed by atoms with van der Waals surface area (Å²) in [6, 6.07) is 26.1. The number of aromatic nitrogens is 1. The van der Waals surface area contributed by atoms with Gasteiger partial charge >= 0.3 is 6.03 Å². The SMILES string of the molecule is CC(C)c1ccc(C2c3cccn3-c3ccccc3CN2C(=O)Nc2ccccc2F)cc1. The molecule has 2 amide bonds. The zero-order chi connectivity index (χ0) is 22.9. The Hall–Kier alpha value is -3.86. The molecule has 0 bridgehead atoms. The van der Waals surface area contributed by atoms with Gasteiger partial charge in [-0.2, -0.15) is 0 Å². The predicted octanol–water partition coefficient (Wildman–Crippen LogP) is 6.88. The van der Waals surface area contributed by atoms with Crippen LogP contribution in [0.1, 0.15) is 48.2 Å². The standard InChI is InChI=1S/C28H26FN3O/c1-19(2)20-13-15-21(16-14-20)27-26-12-7-17-31(26)25-11-6-3-8-22(25)18-32(27)28(33)30-24-10-5-4-9-23(24)29/h3-17,19,27H,18H2,1-2H3,(H,30,33). The lowest BCUT2D eigenvalue weighted by Gasteiger charge is -2.31. The molecule has 4 nitrogen and oxygen atoms in total. The summed E-state index contributed by atoms with van der Waals surface area (Å²) >= 11 is 0. The third kappa shape index (κ3) is 3.91. The number of fused-ring (bicyclic) bond motifs is 3. The molecule has 0 spiro atoms. The van der Waals surface area contributed by atoms with Gasteiger partial charge in [-0.1, -0.05) is 68.4 Å². The van der Waals surface area contributed by atoms with Crippen molar-refractivity contribution in [1.82, 2.24) is 9.47 Å². The molecule has 1 aromatic heterocycles. The van der Waals surface area contributed by atoms with E-state index < -0.39 is 5.82 Å². The van der Waals surface area contributed by atoms with Crippen LogP contribution in [-0.4, -0.2) is 15.5 Å². The van der Waals surface area contributed by atoms with E-state index in [9.17, 15) is 9.18 Å². The fourth-order valence-corrected chi connectivity index (χ4v) is 4.50. The summed E-state index contributed by atoms with van der Waals surface area (Å²) in [5, 5.41) is 2.79. The normalized spacial score (nSPS) is 15.0. The average Bonchev–Trinajstić information content (AvgIpc) is 3.25. The van der Waals surface area contributed by atoms with Gasteiger partial charge in [0.05, 0.1) is 24.0 Å². The molecule has 3 aromatic carbocycles. The van der Waals surface area contributed by atoms with Crippen LogP contribution < -0.4 is 5.32 Å². The Bertz CT molecular complexity index is 1290. The molecule has 0 aliphatic carbocycles. The first-order chi connectivity index (χ1) is 16.0. The Labute approximate surface area is 193 Å². The number of para-hydroxylation sites is 2. The largest absolute Gasteiger partial charge is 0.323 e. The molecule has 33 heavy (non-hydrogen) atoms. The summed E-state index contributed by atoms with van der Waals surface area (Å²) in [7, 11) is 0. The minimum atomic E-state index is -0.456. The second-order valence-electron chi connectivity index (χ2n) is 8.69. The van der Waals surface area contributed by atoms with Crippen molar-refractivity contribution in [2.24, 2.45) is 0 Å². The first-order valence-corrected chi connectivity index (χ1v) is 11.2. The van der Waals surface area contributed by atoms with E-state index in [2.05, 4.69) is 54.1 Å². The molecule has 1 aliphatic rings. The molecule has 5 rings (SSSR count). The zero-order valence-electron chi connectivity index (χ0n) is 18.7. The summed E-state index contributed by atoms with van der Waals surface area (Å²) < 4.78 is 16.5. The number of hydrogen-bond donors (Lipinski definition) is 1. The third-order valence-corrected chi connectivity index (χ3v) is 6.26. The lowest BCUT2D eigenvalue weighted by molar-refractivity contribution is 0.194. The highest BCUT2D eigenvalue weighted by Gasteiger charge is 2.33. The van der Waals surface area contributed by atoms with Crippen LogP contribution in [0.15, 0.2) is 91.1 Å². The van der Waals surface area contributed by atoms with Gasteiger partial charge < -0.3 is 14.8 Å². The van der Waals surface area contributed by atoms with Crippen LogP contribution in [0.3, 0.4) is 0 Å². The second kappa shape index (κ2) is 8.58. The van der Waals surface area contributed by atoms with E-state index in [1.165, 1.54) is 11.6 Å². The first kappa shape index (κ1) is 21.0. The Morgan fingerprint density at radius 1 is 0.939 bits per heavy atom. The van der Waals surface area contributed by atoms with E-state index in [1.807, 2.05) is 36.5 Å². The predicted molar refractivity (Wildman–Crippen MR) is 129 cm³/mol. The lowest BCUT2D eigenvalue weighted by atomic mass is 9.97. The van der Waals surface area contributed by atoms with Crippen molar-refractivity contribution in [2.45, 2.75) is 32.4 Å². The molecule has 5 heteroatoms. The van der Waals surface area contributed by atoms with Crippen LogP contribution in [0.4, 0.5) is 14.9 Å². The maximum atomic E-state index is 14.3. The number of nitrogens with zero attached hydrogens (tertiary/aromatic N) is 2. The van der Waals surface area contributed by atoms with Gasteiger partial charge in [-0.15, -0.1) is 0 Å². The third-order valence-electron chi connectivity index (χ3n) is 6.26. The molecule has 0 fully saturated rings. The van der Waals surface area contributed by atoms with Crippen LogP contribution in [0.2, 0.25) is 0 Å². The Balaban J connectivity index is 1.62. The number of amides is 2. The fourth-order valence-electron chi connectivity index (χ4n) is 4.50. The minimum absolute atomic E-state index is 0.171. The Morgan fingerprint density at radius 3 is 2.42 bits per heavy atom. The molecule has 0 saturated carbocycles. The Kier molecular flexibility index (Phi) is 5.47. The first-order valence-electron chi connectivity index (χ1n) is 11.2. The molecule has 2 heterocycles. The summed E-state index contributed by atoms with van der Waals surface area (Å²) in [5.41, 5.74) is 5.48. The van der Waals surface area contributed by atoms with E-state index in [0.29, 0.717) is 12.5 Å². The van der Waals surface area contributed by atoms with Gasteiger partial charge in [0.2, 0.25) is 0 Å². The molecule has 0 radical (unpaired) electrons. The van der Waals surface area contributed by atoms with E-state index in [0.717, 1.165) is 22.5 Å². The molecular formula is C28H26FN3O. The van der Waals surface area contributed by atoms with Gasteiger partial charge in [-0.05, 0) is 52.9 Å². The highest BCUT2D eigenvalue weighted by Crippen LogP contribution is 2.37. The minimum Gasteiger partial charge on any atom is -0.318 e. The van der Waals surface area contributed by atoms with Crippen LogP contribution in [0, 0.1) is 5.82 Å². The molecule has 1 aliphatic heterocycles. The molecule has 4 aromatic rings. The number of carbonyl (C=O) groups is 1. The van der Waals surface area contributed by atoms with Gasteiger partial charge in [0.1, 0.15) is 5.82 Å². The number of carbonyl (C=O) groups excluding carboxylic acids is 1. The summed E-state index contributed by atoms with van der Waals surface area (Å²) in [6.07, 6.45) is 2.03. The van der Waals surface area contributed by atoms with Gasteiger partial charge in [0.15, 0.2) is 0 Å². The number of rotatable bonds is 3. The van der Waals surface area contributed by atoms with Crippen LogP contribution in [0.5, 0.6) is 0 Å². The molecule has 1 atom stereocenters. The smallest absolute Gasteiger partial charge is 0.318 e. The number of hydrogen-bond acceptors (Lipinski definition) is 1. The van der Waals surface area contributed by atoms with Crippen molar-refractivity contribution in [3.8, 4) is 5.69 Å². The highest BCUT2D eigenvalue weighted by molar-refractivity contribution is 5.90. The fraction of sp³-hybridized carbons (Fsp3) is 0.179. The molecular weight excluding hydrogens is 413 g/mol. The molecule has 0 saturated heterocycles. The molecule has 1 N–H and O–H groups in total. The average molecular weight is 440 g/mol. The molecule has 166 valence electrons. The van der Waals surface area contributed by atoms with Crippen molar-refractivity contribution in [2.75, 3.05) is 5.32 Å². The second-order valence-corrected chi connectivity index (χ2v) is 8.69.